The molecule has 0 radical (unpaired) electrons. The van der Waals surface area contributed by atoms with Crippen molar-refractivity contribution in [3.63, 3.8) is 0 Å². The number of carbonyl (C=O) groups is 1. The number of hydrogen-bond donors (Lipinski definition) is 1. The Kier molecular flexibility index (Phi) is 3.40. The van der Waals surface area contributed by atoms with Crippen LogP contribution in [0.1, 0.15) is 10.4 Å². The summed E-state index contributed by atoms with van der Waals surface area (Å²) in [4.78, 5) is 12.9. The summed E-state index contributed by atoms with van der Waals surface area (Å²) in [6, 6.07) is 11.4. The first-order valence-corrected chi connectivity index (χ1v) is 6.16. The highest BCUT2D eigenvalue weighted by Gasteiger charge is 2.12. The average molecular weight is 243 g/mol. The molecule has 1 heterocycles. The van der Waals surface area contributed by atoms with E-state index < -0.39 is 0 Å². The minimum absolute atomic E-state index is 0.151. The zero-order valence-corrected chi connectivity index (χ0v) is 10.4. The number of hydrogen-bond acceptors (Lipinski definition) is 2. The van der Waals surface area contributed by atoms with Crippen molar-refractivity contribution in [2.24, 2.45) is 0 Å². The second-order valence-electron chi connectivity index (χ2n) is 3.73. The molecule has 2 aromatic rings. The molecule has 2 nitrogen and oxygen atoms in total. The Bertz CT molecular complexity index is 542. The summed E-state index contributed by atoms with van der Waals surface area (Å²) in [5.41, 5.74) is 2.39. The van der Waals surface area contributed by atoms with Crippen molar-refractivity contribution in [2.75, 3.05) is 5.32 Å². The Morgan fingerprint density at radius 3 is 2.53 bits per heavy atom. The molecule has 0 spiro atoms. The molecule has 3 heteroatoms. The molecule has 1 aromatic heterocycles. The predicted octanol–water partition coefficient (Wildman–Crippen LogP) is 3.71. The van der Waals surface area contributed by atoms with Crippen LogP contribution in [0.2, 0.25) is 0 Å². The maximum atomic E-state index is 12.0. The summed E-state index contributed by atoms with van der Waals surface area (Å²) in [5.74, 6) is -0.151. The Balaban J connectivity index is 2.12. The van der Waals surface area contributed by atoms with E-state index in [0.717, 1.165) is 16.1 Å². The number of nitrogens with one attached hydrogen (secondary N) is 1. The minimum atomic E-state index is -0.151. The molecule has 1 amide bonds. The number of anilines is 1. The molecule has 0 unspecified atom stereocenters. The Morgan fingerprint density at radius 1 is 1.24 bits per heavy atom. The molecule has 0 saturated carbocycles. The minimum Gasteiger partial charge on any atom is -0.322 e. The number of aryl methyl sites for hydroxylation is 1. The maximum absolute atomic E-state index is 12.0. The molecule has 0 saturated heterocycles. The van der Waals surface area contributed by atoms with Gasteiger partial charge in [-0.1, -0.05) is 24.8 Å². The molecule has 17 heavy (non-hydrogen) atoms. The molecule has 1 N–H and O–H groups in total. The normalized spacial score (nSPS) is 9.94. The second-order valence-corrected chi connectivity index (χ2v) is 4.65. The van der Waals surface area contributed by atoms with Gasteiger partial charge in [-0.3, -0.25) is 4.79 Å². The van der Waals surface area contributed by atoms with Crippen molar-refractivity contribution < 1.29 is 4.79 Å². The van der Waals surface area contributed by atoms with Gasteiger partial charge in [0.05, 0.1) is 0 Å². The number of para-hydroxylation sites is 1. The molecular weight excluding hydrogens is 230 g/mol. The third-order valence-corrected chi connectivity index (χ3v) is 3.52. The first kappa shape index (κ1) is 11.6. The fourth-order valence-electron chi connectivity index (χ4n) is 1.51. The van der Waals surface area contributed by atoms with Crippen molar-refractivity contribution in [3.8, 4) is 0 Å². The Hall–Kier alpha value is -1.87. The van der Waals surface area contributed by atoms with Crippen LogP contribution in [-0.2, 0) is 4.79 Å². The molecule has 1 aromatic carbocycles. The highest BCUT2D eigenvalue weighted by Crippen LogP contribution is 2.24. The summed E-state index contributed by atoms with van der Waals surface area (Å²) in [5, 5.41) is 4.79. The van der Waals surface area contributed by atoms with Gasteiger partial charge < -0.3 is 5.32 Å². The third-order valence-electron chi connectivity index (χ3n) is 2.44. The Labute approximate surface area is 105 Å². The lowest BCUT2D eigenvalue weighted by Crippen LogP contribution is -2.12. The quantitative estimate of drug-likeness (QED) is 0.818. The van der Waals surface area contributed by atoms with E-state index >= 15 is 0 Å². The van der Waals surface area contributed by atoms with Gasteiger partial charge in [0.2, 0.25) is 0 Å². The summed E-state index contributed by atoms with van der Waals surface area (Å²) >= 11 is 1.54. The monoisotopic (exact) mass is 243 g/mol. The van der Waals surface area contributed by atoms with E-state index in [4.69, 9.17) is 0 Å². The zero-order chi connectivity index (χ0) is 12.3. The lowest BCUT2D eigenvalue weighted by atomic mass is 10.1. The largest absolute Gasteiger partial charge is 0.322 e. The van der Waals surface area contributed by atoms with Gasteiger partial charge in [0.25, 0.3) is 5.91 Å². The molecule has 0 aliphatic heterocycles. The first-order valence-electron chi connectivity index (χ1n) is 5.28. The lowest BCUT2D eigenvalue weighted by Gasteiger charge is -2.06. The van der Waals surface area contributed by atoms with Gasteiger partial charge in [0.1, 0.15) is 0 Å². The molecule has 0 atom stereocenters. The molecular formula is C14H13NOS. The molecule has 86 valence electrons. The molecule has 0 aliphatic carbocycles. The highest BCUT2D eigenvalue weighted by atomic mass is 32.1. The topological polar surface area (TPSA) is 29.1 Å². The fourth-order valence-corrected chi connectivity index (χ4v) is 2.41. The summed E-state index contributed by atoms with van der Waals surface area (Å²) in [6.45, 7) is 5.83. The fraction of sp³-hybridized carbons (Fsp3) is 0.0714. The number of amides is 1. The summed E-state index contributed by atoms with van der Waals surface area (Å²) in [6.07, 6.45) is 0. The maximum Gasteiger partial charge on any atom is 0.256 e. The van der Waals surface area contributed by atoms with Crippen molar-refractivity contribution >= 4 is 28.5 Å². The van der Waals surface area contributed by atoms with Crippen LogP contribution in [0.15, 0.2) is 48.4 Å². The van der Waals surface area contributed by atoms with Gasteiger partial charge in [0, 0.05) is 16.1 Å². The zero-order valence-electron chi connectivity index (χ0n) is 9.57. The smallest absolute Gasteiger partial charge is 0.256 e. The van der Waals surface area contributed by atoms with E-state index in [2.05, 4.69) is 11.9 Å². The van der Waals surface area contributed by atoms with Crippen molar-refractivity contribution in [3.05, 3.63) is 58.8 Å². The van der Waals surface area contributed by atoms with Crippen LogP contribution < -0.4 is 5.32 Å². The molecule has 0 bridgehead atoms. The molecule has 0 fully saturated rings. The summed E-state index contributed by atoms with van der Waals surface area (Å²) in [7, 11) is 0. The predicted molar refractivity (Wildman–Crippen MR) is 73.2 cm³/mol. The van der Waals surface area contributed by atoms with Gasteiger partial charge in [-0.2, -0.15) is 0 Å². The van der Waals surface area contributed by atoms with Gasteiger partial charge >= 0.3 is 0 Å². The van der Waals surface area contributed by atoms with Gasteiger partial charge in [-0.25, -0.2) is 0 Å². The van der Waals surface area contributed by atoms with Gasteiger partial charge in [-0.15, -0.1) is 11.3 Å². The number of carbonyl (C=O) groups excluding carboxylic acids is 1. The summed E-state index contributed by atoms with van der Waals surface area (Å²) < 4.78 is 0. The van der Waals surface area contributed by atoms with E-state index in [9.17, 15) is 4.79 Å². The Morgan fingerprint density at radius 2 is 1.94 bits per heavy atom. The van der Waals surface area contributed by atoms with Crippen LogP contribution in [0.25, 0.3) is 5.57 Å². The van der Waals surface area contributed by atoms with E-state index in [-0.39, 0.29) is 5.91 Å². The van der Waals surface area contributed by atoms with Gasteiger partial charge in [0.15, 0.2) is 0 Å². The van der Waals surface area contributed by atoms with Crippen LogP contribution in [0.3, 0.4) is 0 Å². The number of thiophene rings is 1. The highest BCUT2D eigenvalue weighted by molar-refractivity contribution is 7.11. The average Bonchev–Trinajstić information content (AvgIpc) is 2.76. The van der Waals surface area contributed by atoms with Crippen molar-refractivity contribution in [2.45, 2.75) is 6.92 Å². The third kappa shape index (κ3) is 2.63. The van der Waals surface area contributed by atoms with E-state index in [1.165, 1.54) is 11.3 Å². The van der Waals surface area contributed by atoms with Crippen molar-refractivity contribution in [1.29, 1.82) is 0 Å². The van der Waals surface area contributed by atoms with E-state index in [1.807, 2.05) is 48.7 Å². The molecule has 2 rings (SSSR count). The lowest BCUT2D eigenvalue weighted by molar-refractivity contribution is -0.111. The standard InChI is InChI=1S/C14H13NOS/c1-10-8-9-17-13(10)11(2)14(16)15-12-6-4-3-5-7-12/h3-9H,2H2,1H3,(H,15,16). The van der Waals surface area contributed by atoms with Crippen LogP contribution in [0, 0.1) is 6.92 Å². The number of benzene rings is 1. The van der Waals surface area contributed by atoms with Crippen molar-refractivity contribution in [1.82, 2.24) is 0 Å². The van der Waals surface area contributed by atoms with E-state index in [1.54, 1.807) is 0 Å². The number of rotatable bonds is 3. The van der Waals surface area contributed by atoms with Crippen LogP contribution in [0.5, 0.6) is 0 Å². The molecule has 0 aliphatic rings. The second kappa shape index (κ2) is 4.97. The van der Waals surface area contributed by atoms with Crippen LogP contribution in [-0.4, -0.2) is 5.91 Å². The first-order chi connectivity index (χ1) is 8.18. The van der Waals surface area contributed by atoms with Gasteiger partial charge in [-0.05, 0) is 36.1 Å². The van der Waals surface area contributed by atoms with Crippen LogP contribution >= 0.6 is 11.3 Å². The van der Waals surface area contributed by atoms with E-state index in [0.29, 0.717) is 5.57 Å². The van der Waals surface area contributed by atoms with Crippen LogP contribution in [0.4, 0.5) is 5.69 Å². The SMILES string of the molecule is C=C(C(=O)Nc1ccccc1)c1sccc1C.